The van der Waals surface area contributed by atoms with E-state index in [0.29, 0.717) is 5.82 Å². The van der Waals surface area contributed by atoms with Crippen molar-refractivity contribution < 1.29 is 0 Å². The first-order chi connectivity index (χ1) is 12.3. The van der Waals surface area contributed by atoms with E-state index in [1.165, 1.54) is 18.4 Å². The number of tetrazole rings is 1. The van der Waals surface area contributed by atoms with Crippen molar-refractivity contribution in [3.8, 4) is 11.4 Å². The molecule has 1 heterocycles. The first-order valence-electron chi connectivity index (χ1n) is 8.87. The summed E-state index contributed by atoms with van der Waals surface area (Å²) in [6, 6.07) is 20.6. The molecule has 1 aromatic heterocycles. The largest absolute Gasteiger partial charge is 0.302 e. The molecule has 0 aliphatic carbocycles. The highest BCUT2D eigenvalue weighted by Crippen LogP contribution is 2.12. The minimum atomic E-state index is 0.697. The molecule has 25 heavy (non-hydrogen) atoms. The Balaban J connectivity index is 1.34. The van der Waals surface area contributed by atoms with E-state index in [1.54, 1.807) is 4.80 Å². The van der Waals surface area contributed by atoms with Crippen molar-refractivity contribution in [2.24, 2.45) is 0 Å². The maximum absolute atomic E-state index is 4.45. The second-order valence-corrected chi connectivity index (χ2v) is 6.36. The quantitative estimate of drug-likeness (QED) is 0.560. The number of rotatable bonds is 9. The summed E-state index contributed by atoms with van der Waals surface area (Å²) < 4.78 is 0. The summed E-state index contributed by atoms with van der Waals surface area (Å²) >= 11 is 0. The van der Waals surface area contributed by atoms with Gasteiger partial charge >= 0.3 is 0 Å². The minimum Gasteiger partial charge on any atom is -0.302 e. The van der Waals surface area contributed by atoms with Crippen LogP contribution in [0, 0.1) is 0 Å². The molecular weight excluding hydrogens is 310 g/mol. The van der Waals surface area contributed by atoms with E-state index in [4.69, 9.17) is 0 Å². The van der Waals surface area contributed by atoms with Gasteiger partial charge < -0.3 is 4.90 Å². The van der Waals surface area contributed by atoms with Crippen molar-refractivity contribution in [2.75, 3.05) is 13.6 Å². The van der Waals surface area contributed by atoms with Crippen LogP contribution in [0.5, 0.6) is 0 Å². The van der Waals surface area contributed by atoms with E-state index >= 15 is 0 Å². The Hall–Kier alpha value is -2.53. The van der Waals surface area contributed by atoms with E-state index in [9.17, 15) is 0 Å². The summed E-state index contributed by atoms with van der Waals surface area (Å²) in [5.74, 6) is 0.697. The summed E-state index contributed by atoms with van der Waals surface area (Å²) in [4.78, 5) is 4.08. The maximum atomic E-state index is 4.45. The Labute approximate surface area is 149 Å². The van der Waals surface area contributed by atoms with Crippen molar-refractivity contribution in [1.29, 1.82) is 0 Å². The third-order valence-electron chi connectivity index (χ3n) is 4.18. The highest BCUT2D eigenvalue weighted by Gasteiger charge is 2.05. The smallest absolute Gasteiger partial charge is 0.204 e. The number of aromatic nitrogens is 4. The summed E-state index contributed by atoms with van der Waals surface area (Å²) in [5.41, 5.74) is 2.38. The minimum absolute atomic E-state index is 0.697. The van der Waals surface area contributed by atoms with Gasteiger partial charge in [0.25, 0.3) is 0 Å². The van der Waals surface area contributed by atoms with Gasteiger partial charge in [-0.05, 0) is 37.2 Å². The molecule has 0 radical (unpaired) electrons. The zero-order valence-electron chi connectivity index (χ0n) is 14.8. The van der Waals surface area contributed by atoms with Crippen molar-refractivity contribution in [3.63, 3.8) is 0 Å². The summed E-state index contributed by atoms with van der Waals surface area (Å²) in [5, 5.41) is 12.7. The number of benzene rings is 2. The number of aryl methyl sites for hydroxylation is 1. The molecular formula is C20H25N5. The van der Waals surface area contributed by atoms with Crippen LogP contribution in [0.2, 0.25) is 0 Å². The lowest BCUT2D eigenvalue weighted by atomic mass is 10.2. The number of unbranched alkanes of at least 4 members (excludes halogenated alkanes) is 2. The molecule has 0 saturated heterocycles. The van der Waals surface area contributed by atoms with Gasteiger partial charge in [-0.15, -0.1) is 10.2 Å². The standard InChI is InChI=1S/C20H25N5/c1-24(17-18-11-5-2-6-12-18)15-9-4-10-16-25-22-20(21-23-25)19-13-7-3-8-14-19/h2-3,5-8,11-14H,4,9-10,15-17H2,1H3. The van der Waals surface area contributed by atoms with Crippen molar-refractivity contribution in [2.45, 2.75) is 32.4 Å². The lowest BCUT2D eigenvalue weighted by molar-refractivity contribution is 0.314. The van der Waals surface area contributed by atoms with E-state index in [2.05, 4.69) is 57.7 Å². The number of hydrogen-bond acceptors (Lipinski definition) is 4. The fourth-order valence-corrected chi connectivity index (χ4v) is 2.83. The van der Waals surface area contributed by atoms with Crippen LogP contribution >= 0.6 is 0 Å². The molecule has 3 rings (SSSR count). The molecule has 0 atom stereocenters. The van der Waals surface area contributed by atoms with Gasteiger partial charge in [0.2, 0.25) is 5.82 Å². The third-order valence-corrected chi connectivity index (χ3v) is 4.18. The average molecular weight is 335 g/mol. The van der Waals surface area contributed by atoms with Crippen LogP contribution in [0.3, 0.4) is 0 Å². The molecule has 0 bridgehead atoms. The van der Waals surface area contributed by atoms with Crippen LogP contribution in [0.15, 0.2) is 60.7 Å². The van der Waals surface area contributed by atoms with Gasteiger partial charge in [0, 0.05) is 12.1 Å². The predicted molar refractivity (Wildman–Crippen MR) is 99.9 cm³/mol. The molecule has 0 saturated carbocycles. The van der Waals surface area contributed by atoms with Crippen LogP contribution in [0.4, 0.5) is 0 Å². The molecule has 0 fully saturated rings. The number of hydrogen-bond donors (Lipinski definition) is 0. The van der Waals surface area contributed by atoms with Crippen LogP contribution in [-0.4, -0.2) is 38.7 Å². The van der Waals surface area contributed by atoms with Crippen LogP contribution < -0.4 is 0 Å². The predicted octanol–water partition coefficient (Wildman–Crippen LogP) is 3.64. The molecule has 0 aliphatic rings. The molecule has 5 nitrogen and oxygen atoms in total. The first kappa shape index (κ1) is 17.3. The maximum Gasteiger partial charge on any atom is 0.204 e. The van der Waals surface area contributed by atoms with Gasteiger partial charge in [-0.2, -0.15) is 4.80 Å². The van der Waals surface area contributed by atoms with Gasteiger partial charge in [0.1, 0.15) is 0 Å². The van der Waals surface area contributed by atoms with Gasteiger partial charge in [-0.25, -0.2) is 0 Å². The zero-order chi connectivity index (χ0) is 17.3. The van der Waals surface area contributed by atoms with E-state index in [0.717, 1.165) is 31.6 Å². The Morgan fingerprint density at radius 1 is 0.880 bits per heavy atom. The molecule has 0 unspecified atom stereocenters. The Morgan fingerprint density at radius 3 is 2.36 bits per heavy atom. The molecule has 130 valence electrons. The summed E-state index contributed by atoms with van der Waals surface area (Å²) in [6.07, 6.45) is 3.43. The molecule has 0 spiro atoms. The molecule has 0 amide bonds. The molecule has 0 aliphatic heterocycles. The molecule has 0 N–H and O–H groups in total. The Bertz CT molecular complexity index is 739. The Kier molecular flexibility index (Phi) is 6.29. The zero-order valence-corrected chi connectivity index (χ0v) is 14.8. The van der Waals surface area contributed by atoms with Gasteiger partial charge in [-0.1, -0.05) is 67.1 Å². The van der Waals surface area contributed by atoms with Gasteiger partial charge in [0.15, 0.2) is 0 Å². The van der Waals surface area contributed by atoms with Crippen molar-refractivity contribution >= 4 is 0 Å². The Morgan fingerprint density at radius 2 is 1.60 bits per heavy atom. The number of nitrogens with zero attached hydrogens (tertiary/aromatic N) is 5. The topological polar surface area (TPSA) is 46.8 Å². The van der Waals surface area contributed by atoms with Gasteiger partial charge in [-0.3, -0.25) is 0 Å². The lowest BCUT2D eigenvalue weighted by Crippen LogP contribution is -2.19. The van der Waals surface area contributed by atoms with E-state index in [1.807, 2.05) is 30.3 Å². The SMILES string of the molecule is CN(CCCCCn1nnc(-c2ccccc2)n1)Cc1ccccc1. The molecule has 3 aromatic rings. The van der Waals surface area contributed by atoms with E-state index in [-0.39, 0.29) is 0 Å². The highest BCUT2D eigenvalue weighted by atomic mass is 15.6. The fraction of sp³-hybridized carbons (Fsp3) is 0.350. The van der Waals surface area contributed by atoms with Crippen LogP contribution in [0.1, 0.15) is 24.8 Å². The van der Waals surface area contributed by atoms with Crippen LogP contribution in [0.25, 0.3) is 11.4 Å². The van der Waals surface area contributed by atoms with Crippen LogP contribution in [-0.2, 0) is 13.1 Å². The second-order valence-electron chi connectivity index (χ2n) is 6.36. The van der Waals surface area contributed by atoms with Crippen molar-refractivity contribution in [1.82, 2.24) is 25.1 Å². The third kappa shape index (κ3) is 5.50. The first-order valence-corrected chi connectivity index (χ1v) is 8.87. The lowest BCUT2D eigenvalue weighted by Gasteiger charge is -2.16. The summed E-state index contributed by atoms with van der Waals surface area (Å²) in [6.45, 7) is 2.93. The fourth-order valence-electron chi connectivity index (χ4n) is 2.83. The summed E-state index contributed by atoms with van der Waals surface area (Å²) in [7, 11) is 2.18. The highest BCUT2D eigenvalue weighted by molar-refractivity contribution is 5.52. The van der Waals surface area contributed by atoms with E-state index < -0.39 is 0 Å². The van der Waals surface area contributed by atoms with Gasteiger partial charge in [0.05, 0.1) is 6.54 Å². The monoisotopic (exact) mass is 335 g/mol. The normalized spacial score (nSPS) is 11.1. The average Bonchev–Trinajstić information content (AvgIpc) is 3.12. The van der Waals surface area contributed by atoms with Crippen molar-refractivity contribution in [3.05, 3.63) is 66.2 Å². The second kappa shape index (κ2) is 9.08. The molecule has 2 aromatic carbocycles. The molecule has 5 heteroatoms.